The van der Waals surface area contributed by atoms with E-state index < -0.39 is 0 Å². The van der Waals surface area contributed by atoms with Crippen molar-refractivity contribution in [1.29, 1.82) is 0 Å². The van der Waals surface area contributed by atoms with Gasteiger partial charge in [0.25, 0.3) is 11.8 Å². The number of carbonyl (C=O) groups is 2. The molecule has 0 aromatic heterocycles. The minimum absolute atomic E-state index is 0.0436. The van der Waals surface area contributed by atoms with Crippen LogP contribution in [-0.2, 0) is 18.9 Å². The summed E-state index contributed by atoms with van der Waals surface area (Å²) in [6, 6.07) is 18.4. The summed E-state index contributed by atoms with van der Waals surface area (Å²) in [5.41, 5.74) is 1.29. The molecule has 8 nitrogen and oxygen atoms in total. The number of benzene rings is 2. The zero-order valence-corrected chi connectivity index (χ0v) is 19.6. The maximum atomic E-state index is 12.8. The second kappa shape index (κ2) is 15.2. The van der Waals surface area contributed by atoms with Crippen LogP contribution < -0.4 is 0 Å². The molecule has 0 N–H and O–H groups in total. The zero-order chi connectivity index (χ0) is 23.8. The van der Waals surface area contributed by atoms with Gasteiger partial charge in [-0.3, -0.25) is 9.59 Å². The van der Waals surface area contributed by atoms with Gasteiger partial charge in [-0.25, -0.2) is 0 Å². The lowest BCUT2D eigenvalue weighted by Gasteiger charge is -2.24. The van der Waals surface area contributed by atoms with Crippen molar-refractivity contribution in [2.24, 2.45) is 0 Å². The molecule has 34 heavy (non-hydrogen) atoms. The first-order valence-corrected chi connectivity index (χ1v) is 11.8. The quantitative estimate of drug-likeness (QED) is 0.671. The van der Waals surface area contributed by atoms with Crippen LogP contribution in [0.3, 0.4) is 0 Å². The summed E-state index contributed by atoms with van der Waals surface area (Å²) in [6.45, 7) is 5.15. The standard InChI is InChI=1S/C26H34N2O6/c29-25(23-7-3-1-4-8-23)27-11-15-31-19-21-33-17-13-28(14-18-34-22-20-32-16-12-27)26(30)24-9-5-2-6-10-24/h1-10H,11-22H2. The van der Waals surface area contributed by atoms with Crippen LogP contribution in [-0.4, -0.2) is 101 Å². The van der Waals surface area contributed by atoms with E-state index in [2.05, 4.69) is 0 Å². The number of rotatable bonds is 2. The highest BCUT2D eigenvalue weighted by Gasteiger charge is 2.17. The molecule has 1 fully saturated rings. The normalized spacial score (nSPS) is 18.0. The average molecular weight is 471 g/mol. The van der Waals surface area contributed by atoms with E-state index in [4.69, 9.17) is 18.9 Å². The van der Waals surface area contributed by atoms with E-state index in [9.17, 15) is 9.59 Å². The first kappa shape index (κ1) is 25.8. The molecule has 1 heterocycles. The molecule has 0 spiro atoms. The highest BCUT2D eigenvalue weighted by atomic mass is 16.5. The molecule has 0 bridgehead atoms. The highest BCUT2D eigenvalue weighted by Crippen LogP contribution is 2.06. The van der Waals surface area contributed by atoms with Crippen molar-refractivity contribution in [1.82, 2.24) is 9.80 Å². The lowest BCUT2D eigenvalue weighted by Crippen LogP contribution is -2.38. The van der Waals surface area contributed by atoms with E-state index in [0.29, 0.717) is 90.2 Å². The van der Waals surface area contributed by atoms with Gasteiger partial charge in [-0.2, -0.15) is 0 Å². The molecule has 2 aromatic rings. The first-order valence-electron chi connectivity index (χ1n) is 11.8. The first-order chi connectivity index (χ1) is 16.8. The van der Waals surface area contributed by atoms with Crippen LogP contribution in [0.1, 0.15) is 20.7 Å². The Balaban J connectivity index is 1.50. The Bertz CT molecular complexity index is 757. The predicted octanol–water partition coefficient (Wildman–Crippen LogP) is 2.35. The van der Waals surface area contributed by atoms with Crippen LogP contribution in [0.5, 0.6) is 0 Å². The smallest absolute Gasteiger partial charge is 0.254 e. The van der Waals surface area contributed by atoms with Gasteiger partial charge >= 0.3 is 0 Å². The Morgan fingerprint density at radius 3 is 1.06 bits per heavy atom. The number of hydrogen-bond acceptors (Lipinski definition) is 6. The molecule has 8 heteroatoms. The molecule has 0 atom stereocenters. The van der Waals surface area contributed by atoms with E-state index in [1.165, 1.54) is 0 Å². The monoisotopic (exact) mass is 470 g/mol. The molecule has 184 valence electrons. The molecule has 0 unspecified atom stereocenters. The number of amides is 2. The number of carbonyl (C=O) groups excluding carboxylic acids is 2. The Hall–Kier alpha value is -2.78. The largest absolute Gasteiger partial charge is 0.377 e. The molecule has 1 saturated heterocycles. The van der Waals surface area contributed by atoms with E-state index in [1.54, 1.807) is 9.80 Å². The van der Waals surface area contributed by atoms with Crippen LogP contribution in [0, 0.1) is 0 Å². The highest BCUT2D eigenvalue weighted by molar-refractivity contribution is 5.94. The summed E-state index contributed by atoms with van der Waals surface area (Å²) in [5, 5.41) is 0. The summed E-state index contributed by atoms with van der Waals surface area (Å²) in [6.07, 6.45) is 0. The second-order valence-electron chi connectivity index (χ2n) is 7.77. The summed E-state index contributed by atoms with van der Waals surface area (Å²) >= 11 is 0. The van der Waals surface area contributed by atoms with Gasteiger partial charge in [-0.05, 0) is 24.3 Å². The maximum Gasteiger partial charge on any atom is 0.254 e. The minimum atomic E-state index is -0.0436. The Labute approximate surface area is 201 Å². The van der Waals surface area contributed by atoms with Crippen LogP contribution in [0.15, 0.2) is 60.7 Å². The fraction of sp³-hybridized carbons (Fsp3) is 0.462. The Morgan fingerprint density at radius 1 is 0.471 bits per heavy atom. The van der Waals surface area contributed by atoms with Gasteiger partial charge in [-0.15, -0.1) is 0 Å². The third-order valence-corrected chi connectivity index (χ3v) is 5.38. The topological polar surface area (TPSA) is 77.5 Å². The Kier molecular flexibility index (Phi) is 11.5. The molecular formula is C26H34N2O6. The van der Waals surface area contributed by atoms with Gasteiger partial charge in [0.1, 0.15) is 0 Å². The lowest BCUT2D eigenvalue weighted by atomic mass is 10.2. The van der Waals surface area contributed by atoms with Gasteiger partial charge in [0.2, 0.25) is 0 Å². The maximum absolute atomic E-state index is 12.8. The molecule has 1 aliphatic heterocycles. The van der Waals surface area contributed by atoms with Crippen molar-refractivity contribution in [2.45, 2.75) is 0 Å². The summed E-state index contributed by atoms with van der Waals surface area (Å²) < 4.78 is 22.7. The van der Waals surface area contributed by atoms with Crippen LogP contribution in [0.25, 0.3) is 0 Å². The van der Waals surface area contributed by atoms with E-state index in [1.807, 2.05) is 60.7 Å². The van der Waals surface area contributed by atoms with Crippen molar-refractivity contribution >= 4 is 11.8 Å². The van der Waals surface area contributed by atoms with Crippen molar-refractivity contribution in [3.63, 3.8) is 0 Å². The summed E-state index contributed by atoms with van der Waals surface area (Å²) in [7, 11) is 0. The molecule has 0 aliphatic carbocycles. The summed E-state index contributed by atoms with van der Waals surface area (Å²) in [5.74, 6) is -0.0873. The molecule has 0 saturated carbocycles. The molecule has 2 aromatic carbocycles. The van der Waals surface area contributed by atoms with Crippen molar-refractivity contribution in [2.75, 3.05) is 79.0 Å². The molecule has 2 amide bonds. The van der Waals surface area contributed by atoms with Crippen LogP contribution >= 0.6 is 0 Å². The molecule has 3 rings (SSSR count). The van der Waals surface area contributed by atoms with Gasteiger partial charge in [-0.1, -0.05) is 36.4 Å². The minimum Gasteiger partial charge on any atom is -0.377 e. The fourth-order valence-electron chi connectivity index (χ4n) is 3.50. The van der Waals surface area contributed by atoms with Crippen molar-refractivity contribution in [3.8, 4) is 0 Å². The lowest BCUT2D eigenvalue weighted by molar-refractivity contribution is 0.00889. The molecule has 1 aliphatic rings. The average Bonchev–Trinajstić information content (AvgIpc) is 2.89. The Morgan fingerprint density at radius 2 is 0.765 bits per heavy atom. The van der Waals surface area contributed by atoms with Gasteiger partial charge in [0, 0.05) is 37.3 Å². The van der Waals surface area contributed by atoms with E-state index in [0.717, 1.165) is 0 Å². The van der Waals surface area contributed by atoms with Crippen LogP contribution in [0.2, 0.25) is 0 Å². The van der Waals surface area contributed by atoms with Crippen molar-refractivity contribution in [3.05, 3.63) is 71.8 Å². The molecule has 0 radical (unpaired) electrons. The SMILES string of the molecule is O=C(c1ccccc1)N1CCOCCOCCN(C(=O)c2ccccc2)CCOCCOCC1. The fourth-order valence-corrected chi connectivity index (χ4v) is 3.50. The van der Waals surface area contributed by atoms with Gasteiger partial charge < -0.3 is 28.7 Å². The number of nitrogens with zero attached hydrogens (tertiary/aromatic N) is 2. The predicted molar refractivity (Wildman–Crippen MR) is 128 cm³/mol. The van der Waals surface area contributed by atoms with Crippen molar-refractivity contribution < 1.29 is 28.5 Å². The third-order valence-electron chi connectivity index (χ3n) is 5.38. The second-order valence-corrected chi connectivity index (χ2v) is 7.77. The summed E-state index contributed by atoms with van der Waals surface area (Å²) in [4.78, 5) is 29.2. The van der Waals surface area contributed by atoms with E-state index in [-0.39, 0.29) is 11.8 Å². The van der Waals surface area contributed by atoms with Crippen LogP contribution in [0.4, 0.5) is 0 Å². The van der Waals surface area contributed by atoms with Gasteiger partial charge in [0.15, 0.2) is 0 Å². The number of ether oxygens (including phenoxy) is 4. The number of hydrogen-bond donors (Lipinski definition) is 0. The molecular weight excluding hydrogens is 436 g/mol. The zero-order valence-electron chi connectivity index (χ0n) is 19.6. The van der Waals surface area contributed by atoms with E-state index >= 15 is 0 Å². The van der Waals surface area contributed by atoms with Gasteiger partial charge in [0.05, 0.1) is 52.9 Å². The third kappa shape index (κ3) is 8.87.